The van der Waals surface area contributed by atoms with Crippen LogP contribution in [0.5, 0.6) is 0 Å². The number of rotatable bonds is 1. The second kappa shape index (κ2) is 3.00. The molecule has 0 aromatic carbocycles. The van der Waals surface area contributed by atoms with Crippen LogP contribution < -0.4 is 0 Å². The smallest absolute Gasteiger partial charge is 0.0348 e. The second-order valence-electron chi connectivity index (χ2n) is 4.03. The highest BCUT2D eigenvalue weighted by Crippen LogP contribution is 2.54. The van der Waals surface area contributed by atoms with Gasteiger partial charge in [-0.05, 0) is 43.4 Å². The van der Waals surface area contributed by atoms with Crippen molar-refractivity contribution in [3.63, 3.8) is 0 Å². The van der Waals surface area contributed by atoms with Gasteiger partial charge in [0.15, 0.2) is 0 Å². The van der Waals surface area contributed by atoms with Gasteiger partial charge in [0.1, 0.15) is 0 Å². The summed E-state index contributed by atoms with van der Waals surface area (Å²) in [4.78, 5) is 0. The minimum atomic E-state index is 1.11. The molecule has 0 saturated heterocycles. The van der Waals surface area contributed by atoms with Crippen molar-refractivity contribution in [2.75, 3.05) is 0 Å². The SMILES string of the molecule is CCC1C2CCC=CCCC12. The van der Waals surface area contributed by atoms with E-state index in [1.54, 1.807) is 0 Å². The van der Waals surface area contributed by atoms with Crippen molar-refractivity contribution in [1.29, 1.82) is 0 Å². The first-order valence-electron chi connectivity index (χ1n) is 5.08. The summed E-state index contributed by atoms with van der Waals surface area (Å²) < 4.78 is 0. The lowest BCUT2D eigenvalue weighted by atomic mass is 10.1. The molecule has 0 heteroatoms. The van der Waals surface area contributed by atoms with Crippen LogP contribution in [-0.2, 0) is 0 Å². The molecule has 2 rings (SSSR count). The Balaban J connectivity index is 1.91. The fourth-order valence-electron chi connectivity index (χ4n) is 2.80. The minimum absolute atomic E-state index is 1.11. The molecule has 0 aliphatic heterocycles. The molecule has 0 aromatic heterocycles. The Morgan fingerprint density at radius 3 is 2.09 bits per heavy atom. The van der Waals surface area contributed by atoms with Crippen LogP contribution in [0.3, 0.4) is 0 Å². The first kappa shape index (κ1) is 7.39. The van der Waals surface area contributed by atoms with E-state index >= 15 is 0 Å². The van der Waals surface area contributed by atoms with Crippen molar-refractivity contribution >= 4 is 0 Å². The van der Waals surface area contributed by atoms with Gasteiger partial charge in [-0.1, -0.05) is 25.5 Å². The van der Waals surface area contributed by atoms with Crippen LogP contribution in [-0.4, -0.2) is 0 Å². The lowest BCUT2D eigenvalue weighted by molar-refractivity contribution is 0.605. The molecule has 1 saturated carbocycles. The van der Waals surface area contributed by atoms with Crippen LogP contribution in [0.2, 0.25) is 0 Å². The van der Waals surface area contributed by atoms with Gasteiger partial charge in [-0.2, -0.15) is 0 Å². The lowest BCUT2D eigenvalue weighted by Crippen LogP contribution is -1.85. The van der Waals surface area contributed by atoms with E-state index in [2.05, 4.69) is 19.1 Å². The molecule has 2 aliphatic rings. The second-order valence-corrected chi connectivity index (χ2v) is 4.03. The van der Waals surface area contributed by atoms with Gasteiger partial charge in [0.05, 0.1) is 0 Å². The summed E-state index contributed by atoms with van der Waals surface area (Å²) in [5.41, 5.74) is 0. The Morgan fingerprint density at radius 1 is 1.09 bits per heavy atom. The average molecular weight is 150 g/mol. The molecule has 0 aromatic rings. The molecule has 0 nitrogen and oxygen atoms in total. The molecule has 2 unspecified atom stereocenters. The van der Waals surface area contributed by atoms with E-state index < -0.39 is 0 Å². The van der Waals surface area contributed by atoms with Gasteiger partial charge >= 0.3 is 0 Å². The topological polar surface area (TPSA) is 0 Å². The normalized spacial score (nSPS) is 42.5. The molecule has 0 spiro atoms. The third-order valence-electron chi connectivity index (χ3n) is 3.48. The molecule has 62 valence electrons. The zero-order chi connectivity index (χ0) is 7.68. The van der Waals surface area contributed by atoms with Crippen LogP contribution in [0.1, 0.15) is 39.0 Å². The van der Waals surface area contributed by atoms with Crippen molar-refractivity contribution < 1.29 is 0 Å². The highest BCUT2D eigenvalue weighted by Gasteiger charge is 2.46. The van der Waals surface area contributed by atoms with Gasteiger partial charge in [-0.25, -0.2) is 0 Å². The summed E-state index contributed by atoms with van der Waals surface area (Å²) in [7, 11) is 0. The predicted molar refractivity (Wildman–Crippen MR) is 48.4 cm³/mol. The molecule has 1 fully saturated rings. The van der Waals surface area contributed by atoms with Crippen molar-refractivity contribution in [3.8, 4) is 0 Å². The summed E-state index contributed by atoms with van der Waals surface area (Å²) in [6.45, 7) is 2.35. The van der Waals surface area contributed by atoms with E-state index in [1.807, 2.05) is 0 Å². The molecule has 0 heterocycles. The summed E-state index contributed by atoms with van der Waals surface area (Å²) in [6.07, 6.45) is 11.8. The van der Waals surface area contributed by atoms with Crippen molar-refractivity contribution in [2.24, 2.45) is 17.8 Å². The standard InChI is InChI=1S/C11H18/c1-2-9-10-7-5-3-4-6-8-11(9)10/h3-4,9-11H,2,5-8H2,1H3. The number of hydrogen-bond donors (Lipinski definition) is 0. The van der Waals surface area contributed by atoms with Crippen LogP contribution >= 0.6 is 0 Å². The number of allylic oxidation sites excluding steroid dienone is 2. The highest BCUT2D eigenvalue weighted by atomic mass is 14.5. The van der Waals surface area contributed by atoms with Crippen LogP contribution in [0.4, 0.5) is 0 Å². The highest BCUT2D eigenvalue weighted by molar-refractivity contribution is 5.00. The van der Waals surface area contributed by atoms with Gasteiger partial charge in [0, 0.05) is 0 Å². The maximum atomic E-state index is 2.38. The summed E-state index contributed by atoms with van der Waals surface area (Å²) >= 11 is 0. The molecule has 2 aliphatic carbocycles. The van der Waals surface area contributed by atoms with Gasteiger partial charge < -0.3 is 0 Å². The van der Waals surface area contributed by atoms with Crippen LogP contribution in [0, 0.1) is 17.8 Å². The van der Waals surface area contributed by atoms with E-state index in [0.29, 0.717) is 0 Å². The maximum Gasteiger partial charge on any atom is -0.0348 e. The molecule has 0 bridgehead atoms. The Kier molecular flexibility index (Phi) is 2.02. The molecular formula is C11H18. The Hall–Kier alpha value is -0.260. The van der Waals surface area contributed by atoms with E-state index in [1.165, 1.54) is 32.1 Å². The Labute approximate surface area is 69.7 Å². The predicted octanol–water partition coefficient (Wildman–Crippen LogP) is 3.39. The van der Waals surface area contributed by atoms with Crippen molar-refractivity contribution in [1.82, 2.24) is 0 Å². The van der Waals surface area contributed by atoms with Crippen molar-refractivity contribution in [3.05, 3.63) is 12.2 Å². The fraction of sp³-hybridized carbons (Fsp3) is 0.818. The zero-order valence-electron chi connectivity index (χ0n) is 7.42. The van der Waals surface area contributed by atoms with E-state index in [0.717, 1.165) is 17.8 Å². The van der Waals surface area contributed by atoms with Gasteiger partial charge in [-0.15, -0.1) is 0 Å². The summed E-state index contributed by atoms with van der Waals surface area (Å²) in [5, 5.41) is 0. The summed E-state index contributed by atoms with van der Waals surface area (Å²) in [6, 6.07) is 0. The van der Waals surface area contributed by atoms with Gasteiger partial charge in [0.2, 0.25) is 0 Å². The first-order chi connectivity index (χ1) is 5.43. The molecule has 0 radical (unpaired) electrons. The van der Waals surface area contributed by atoms with Gasteiger partial charge in [-0.3, -0.25) is 0 Å². The summed E-state index contributed by atoms with van der Waals surface area (Å²) in [5.74, 6) is 3.34. The van der Waals surface area contributed by atoms with Crippen LogP contribution in [0.15, 0.2) is 12.2 Å². The largest absolute Gasteiger partial charge is 0.0885 e. The van der Waals surface area contributed by atoms with Crippen molar-refractivity contribution in [2.45, 2.75) is 39.0 Å². The maximum absolute atomic E-state index is 2.38. The molecule has 0 N–H and O–H groups in total. The third-order valence-corrected chi connectivity index (χ3v) is 3.48. The third kappa shape index (κ3) is 1.36. The van der Waals surface area contributed by atoms with E-state index in [4.69, 9.17) is 0 Å². The van der Waals surface area contributed by atoms with E-state index in [9.17, 15) is 0 Å². The average Bonchev–Trinajstić information content (AvgIpc) is 2.60. The van der Waals surface area contributed by atoms with Crippen LogP contribution in [0.25, 0.3) is 0 Å². The van der Waals surface area contributed by atoms with E-state index in [-0.39, 0.29) is 0 Å². The fourth-order valence-corrected chi connectivity index (χ4v) is 2.80. The Bertz CT molecular complexity index is 141. The first-order valence-corrected chi connectivity index (χ1v) is 5.08. The quantitative estimate of drug-likeness (QED) is 0.503. The Morgan fingerprint density at radius 2 is 1.64 bits per heavy atom. The number of fused-ring (bicyclic) bond motifs is 1. The monoisotopic (exact) mass is 150 g/mol. The molecular weight excluding hydrogens is 132 g/mol. The molecule has 0 amide bonds. The molecule has 2 atom stereocenters. The number of hydrogen-bond acceptors (Lipinski definition) is 0. The zero-order valence-corrected chi connectivity index (χ0v) is 7.42. The lowest BCUT2D eigenvalue weighted by Gasteiger charge is -1.99. The van der Waals surface area contributed by atoms with Gasteiger partial charge in [0.25, 0.3) is 0 Å². The minimum Gasteiger partial charge on any atom is -0.0885 e. The molecule has 11 heavy (non-hydrogen) atoms.